The molecule has 1 aliphatic rings. The monoisotopic (exact) mass is 215 g/mol. The van der Waals surface area contributed by atoms with Gasteiger partial charge in [-0.05, 0) is 12.8 Å². The van der Waals surface area contributed by atoms with E-state index >= 15 is 0 Å². The molecule has 0 aromatic rings. The molecule has 0 aromatic carbocycles. The van der Waals surface area contributed by atoms with Crippen molar-refractivity contribution in [1.29, 1.82) is 0 Å². The van der Waals surface area contributed by atoms with Gasteiger partial charge in [0.15, 0.2) is 0 Å². The molecule has 6 heteroatoms. The van der Waals surface area contributed by atoms with Crippen LogP contribution in [-0.2, 0) is 14.8 Å². The van der Waals surface area contributed by atoms with E-state index in [1.807, 2.05) is 0 Å². The Balaban J connectivity index is 0.00000121. The van der Waals surface area contributed by atoms with Crippen molar-refractivity contribution in [1.82, 2.24) is 4.72 Å². The van der Waals surface area contributed by atoms with Crippen molar-refractivity contribution >= 4 is 22.4 Å². The third kappa shape index (κ3) is 4.92. The first-order chi connectivity index (χ1) is 5.08. The molecule has 4 nitrogen and oxygen atoms in total. The normalized spacial score (nSPS) is 20.1. The average molecular weight is 216 g/mol. The van der Waals surface area contributed by atoms with Crippen molar-refractivity contribution in [3.8, 4) is 0 Å². The van der Waals surface area contributed by atoms with E-state index in [-0.39, 0.29) is 18.4 Å². The van der Waals surface area contributed by atoms with Crippen LogP contribution >= 0.6 is 12.4 Å². The summed E-state index contributed by atoms with van der Waals surface area (Å²) in [4.78, 5) is 0. The summed E-state index contributed by atoms with van der Waals surface area (Å²) in [6, 6.07) is 0.0822. The first-order valence-corrected chi connectivity index (χ1v) is 5.52. The van der Waals surface area contributed by atoms with Crippen molar-refractivity contribution in [2.24, 2.45) is 0 Å². The Hall–Kier alpha value is 0.160. The first-order valence-electron chi connectivity index (χ1n) is 3.63. The fourth-order valence-corrected chi connectivity index (χ4v) is 1.96. The number of hydrogen-bond donors (Lipinski definition) is 1. The molecule has 0 aliphatic carbocycles. The predicted molar refractivity (Wildman–Crippen MR) is 49.1 cm³/mol. The molecule has 1 N–H and O–H groups in total. The van der Waals surface area contributed by atoms with Gasteiger partial charge in [0.1, 0.15) is 0 Å². The van der Waals surface area contributed by atoms with Gasteiger partial charge in [-0.2, -0.15) is 0 Å². The summed E-state index contributed by atoms with van der Waals surface area (Å²) in [5.41, 5.74) is 0. The van der Waals surface area contributed by atoms with E-state index in [0.29, 0.717) is 13.2 Å². The predicted octanol–water partition coefficient (Wildman–Crippen LogP) is 0.136. The summed E-state index contributed by atoms with van der Waals surface area (Å²) in [5, 5.41) is 0. The van der Waals surface area contributed by atoms with Crippen LogP contribution in [0.1, 0.15) is 12.8 Å². The van der Waals surface area contributed by atoms with Crippen LogP contribution in [0, 0.1) is 0 Å². The topological polar surface area (TPSA) is 55.4 Å². The molecule has 0 amide bonds. The van der Waals surface area contributed by atoms with Crippen molar-refractivity contribution in [2.75, 3.05) is 19.5 Å². The summed E-state index contributed by atoms with van der Waals surface area (Å²) < 4.78 is 29.1. The van der Waals surface area contributed by atoms with E-state index in [0.717, 1.165) is 12.8 Å². The lowest BCUT2D eigenvalue weighted by atomic mass is 10.1. The van der Waals surface area contributed by atoms with E-state index in [2.05, 4.69) is 4.72 Å². The van der Waals surface area contributed by atoms with Gasteiger partial charge < -0.3 is 4.74 Å². The van der Waals surface area contributed by atoms with Gasteiger partial charge in [-0.15, -0.1) is 12.4 Å². The number of ether oxygens (including phenoxy) is 1. The summed E-state index contributed by atoms with van der Waals surface area (Å²) in [7, 11) is -3.03. The summed E-state index contributed by atoms with van der Waals surface area (Å²) >= 11 is 0. The zero-order valence-electron chi connectivity index (χ0n) is 6.95. The number of rotatable bonds is 2. The molecule has 0 spiro atoms. The van der Waals surface area contributed by atoms with Gasteiger partial charge >= 0.3 is 0 Å². The molecule has 0 aromatic heterocycles. The van der Waals surface area contributed by atoms with Crippen molar-refractivity contribution in [2.45, 2.75) is 18.9 Å². The third-order valence-electron chi connectivity index (χ3n) is 1.60. The summed E-state index contributed by atoms with van der Waals surface area (Å²) in [6.45, 7) is 1.32. The zero-order chi connectivity index (χ0) is 8.32. The van der Waals surface area contributed by atoms with E-state index in [4.69, 9.17) is 4.74 Å². The van der Waals surface area contributed by atoms with E-state index in [1.54, 1.807) is 0 Å². The van der Waals surface area contributed by atoms with Gasteiger partial charge in [-0.1, -0.05) is 0 Å². The van der Waals surface area contributed by atoms with Crippen LogP contribution in [0.3, 0.4) is 0 Å². The lowest BCUT2D eigenvalue weighted by Gasteiger charge is -2.21. The zero-order valence-corrected chi connectivity index (χ0v) is 8.58. The minimum atomic E-state index is -3.03. The maximum atomic E-state index is 10.7. The Bertz CT molecular complexity index is 211. The molecule has 1 heterocycles. The van der Waals surface area contributed by atoms with E-state index < -0.39 is 10.0 Å². The van der Waals surface area contributed by atoms with Crippen molar-refractivity contribution < 1.29 is 13.2 Å². The van der Waals surface area contributed by atoms with Gasteiger partial charge in [-0.3, -0.25) is 0 Å². The van der Waals surface area contributed by atoms with Crippen LogP contribution in [0.4, 0.5) is 0 Å². The molecular weight excluding hydrogens is 202 g/mol. The fourth-order valence-electron chi connectivity index (χ4n) is 1.12. The molecule has 0 atom stereocenters. The molecular formula is C6H14ClNO3S. The molecule has 74 valence electrons. The molecule has 1 rings (SSSR count). The molecule has 0 saturated carbocycles. The van der Waals surface area contributed by atoms with Gasteiger partial charge in [0.05, 0.1) is 6.26 Å². The molecule has 1 fully saturated rings. The summed E-state index contributed by atoms with van der Waals surface area (Å²) in [6.07, 6.45) is 2.75. The largest absolute Gasteiger partial charge is 0.381 e. The molecule has 12 heavy (non-hydrogen) atoms. The van der Waals surface area contributed by atoms with Crippen LogP contribution in [0.15, 0.2) is 0 Å². The molecule has 0 unspecified atom stereocenters. The fraction of sp³-hybridized carbons (Fsp3) is 1.00. The molecule has 0 bridgehead atoms. The minimum absolute atomic E-state index is 0. The van der Waals surface area contributed by atoms with Gasteiger partial charge in [0.25, 0.3) is 0 Å². The number of halogens is 1. The molecule has 0 radical (unpaired) electrons. The lowest BCUT2D eigenvalue weighted by Crippen LogP contribution is -2.38. The van der Waals surface area contributed by atoms with Crippen LogP contribution < -0.4 is 4.72 Å². The highest BCUT2D eigenvalue weighted by atomic mass is 35.5. The highest BCUT2D eigenvalue weighted by molar-refractivity contribution is 7.88. The smallest absolute Gasteiger partial charge is 0.208 e. The third-order valence-corrected chi connectivity index (χ3v) is 2.36. The SMILES string of the molecule is CS(=O)(=O)NC1CCOCC1.Cl. The van der Waals surface area contributed by atoms with Gasteiger partial charge in [0, 0.05) is 19.3 Å². The average Bonchev–Trinajstić information content (AvgIpc) is 1.85. The maximum Gasteiger partial charge on any atom is 0.208 e. The highest BCUT2D eigenvalue weighted by Crippen LogP contribution is 2.06. The second-order valence-electron chi connectivity index (χ2n) is 2.78. The standard InChI is InChI=1S/C6H13NO3S.ClH/c1-11(8,9)7-6-2-4-10-5-3-6;/h6-7H,2-5H2,1H3;1H. The molecule has 1 aliphatic heterocycles. The second-order valence-corrected chi connectivity index (χ2v) is 4.56. The van der Waals surface area contributed by atoms with E-state index in [9.17, 15) is 8.42 Å². The summed E-state index contributed by atoms with van der Waals surface area (Å²) in [5.74, 6) is 0. The quantitative estimate of drug-likeness (QED) is 0.713. The maximum absolute atomic E-state index is 10.7. The van der Waals surface area contributed by atoms with Crippen molar-refractivity contribution in [3.63, 3.8) is 0 Å². The van der Waals surface area contributed by atoms with Crippen LogP contribution in [0.25, 0.3) is 0 Å². The van der Waals surface area contributed by atoms with Crippen LogP contribution in [0.2, 0.25) is 0 Å². The highest BCUT2D eigenvalue weighted by Gasteiger charge is 2.16. The van der Waals surface area contributed by atoms with Crippen molar-refractivity contribution in [3.05, 3.63) is 0 Å². The Morgan fingerprint density at radius 3 is 2.25 bits per heavy atom. The lowest BCUT2D eigenvalue weighted by molar-refractivity contribution is 0.0832. The van der Waals surface area contributed by atoms with E-state index in [1.165, 1.54) is 6.26 Å². The van der Waals surface area contributed by atoms with Gasteiger partial charge in [-0.25, -0.2) is 13.1 Å². The number of hydrogen-bond acceptors (Lipinski definition) is 3. The Morgan fingerprint density at radius 1 is 1.33 bits per heavy atom. The number of nitrogens with one attached hydrogen (secondary N) is 1. The second kappa shape index (κ2) is 5.01. The minimum Gasteiger partial charge on any atom is -0.381 e. The Kier molecular flexibility index (Phi) is 5.08. The Morgan fingerprint density at radius 2 is 1.83 bits per heavy atom. The van der Waals surface area contributed by atoms with Crippen LogP contribution in [-0.4, -0.2) is 33.9 Å². The Labute approximate surface area is 79.1 Å². The number of sulfonamides is 1. The van der Waals surface area contributed by atoms with Gasteiger partial charge in [0.2, 0.25) is 10.0 Å². The first kappa shape index (κ1) is 12.2. The van der Waals surface area contributed by atoms with Crippen LogP contribution in [0.5, 0.6) is 0 Å². The molecule has 1 saturated heterocycles.